The van der Waals surface area contributed by atoms with Crippen molar-refractivity contribution in [2.75, 3.05) is 31.1 Å². The normalized spacial score (nSPS) is 22.5. The Bertz CT molecular complexity index is 2050. The van der Waals surface area contributed by atoms with Crippen LogP contribution in [-0.4, -0.2) is 59.4 Å². The SMILES string of the molecule is Cc1c(F)c(F)c(C(=O)O)c(C2=C3C=CC(=[N+]4CC(F)(F)C4)C=C3P(=O)(c3ccccc3)c3cc(N4CC(F)(F)C4)ccc32)c1F. The van der Waals surface area contributed by atoms with Crippen molar-refractivity contribution in [3.8, 4) is 0 Å². The van der Waals surface area contributed by atoms with E-state index in [-0.39, 0.29) is 44.0 Å². The van der Waals surface area contributed by atoms with Gasteiger partial charge in [0, 0.05) is 50.5 Å². The van der Waals surface area contributed by atoms with Gasteiger partial charge in [-0.2, -0.15) is 8.78 Å². The standard InChI is InChI=1S/C33H22F7N2O3P/c1-17-28(34)26(27(31(43)44)30(36)29(17)35)25-21-9-7-18(41-13-32(37,38)14-41)11-23(21)46(45,20-5-3-2-4-6-20)24-12-19(8-10-22(24)25)42-15-33(39,40)16-42/h2-12H,13-16H2,1H3/p+1. The largest absolute Gasteiger partial charge is 0.478 e. The second-order valence-electron chi connectivity index (χ2n) is 11.8. The third-order valence-electron chi connectivity index (χ3n) is 8.72. The molecule has 1 N–H and O–H groups in total. The zero-order valence-corrected chi connectivity index (χ0v) is 24.8. The van der Waals surface area contributed by atoms with Crippen molar-refractivity contribution in [2.45, 2.75) is 18.8 Å². The summed E-state index contributed by atoms with van der Waals surface area (Å²) in [6.07, 6.45) is 4.20. The van der Waals surface area contributed by atoms with Crippen LogP contribution in [0.5, 0.6) is 0 Å². The highest BCUT2D eigenvalue weighted by Crippen LogP contribution is 2.62. The molecule has 0 spiro atoms. The zero-order valence-electron chi connectivity index (χ0n) is 23.9. The number of carbonyl (C=O) groups is 1. The van der Waals surface area contributed by atoms with E-state index in [2.05, 4.69) is 0 Å². The molecule has 1 atom stereocenters. The number of nitrogens with zero attached hydrogens (tertiary/aromatic N) is 2. The predicted octanol–water partition coefficient (Wildman–Crippen LogP) is 6.25. The van der Waals surface area contributed by atoms with Crippen molar-refractivity contribution in [3.05, 3.63) is 117 Å². The number of alkyl halides is 4. The molecular weight excluding hydrogens is 636 g/mol. The van der Waals surface area contributed by atoms with Crippen LogP contribution < -0.4 is 15.5 Å². The number of anilines is 1. The molecule has 4 aliphatic rings. The lowest BCUT2D eigenvalue weighted by atomic mass is 9.85. The average Bonchev–Trinajstić information content (AvgIpc) is 3.00. The van der Waals surface area contributed by atoms with Crippen molar-refractivity contribution in [2.24, 2.45) is 0 Å². The fraction of sp³-hybridized carbons (Fsp3) is 0.212. The van der Waals surface area contributed by atoms with Crippen LogP contribution >= 0.6 is 7.14 Å². The maximum absolute atomic E-state index is 16.1. The fourth-order valence-electron chi connectivity index (χ4n) is 6.44. The van der Waals surface area contributed by atoms with Gasteiger partial charge in [-0.3, -0.25) is 0 Å². The predicted molar refractivity (Wildman–Crippen MR) is 158 cm³/mol. The molecule has 3 aromatic carbocycles. The molecule has 2 saturated heterocycles. The second kappa shape index (κ2) is 10.0. The van der Waals surface area contributed by atoms with Gasteiger partial charge in [-0.05, 0) is 36.3 Å². The number of hydrogen-bond donors (Lipinski definition) is 1. The van der Waals surface area contributed by atoms with E-state index in [0.717, 1.165) is 6.92 Å². The van der Waals surface area contributed by atoms with Gasteiger partial charge in [0.05, 0.1) is 13.1 Å². The Kier molecular flexibility index (Phi) is 6.59. The number of benzene rings is 3. The average molecular weight is 660 g/mol. The highest BCUT2D eigenvalue weighted by molar-refractivity contribution is 7.83. The van der Waals surface area contributed by atoms with Crippen LogP contribution in [0.2, 0.25) is 0 Å². The molecule has 1 unspecified atom stereocenters. The van der Waals surface area contributed by atoms with Crippen LogP contribution in [0, 0.1) is 24.4 Å². The zero-order chi connectivity index (χ0) is 32.9. The van der Waals surface area contributed by atoms with Gasteiger partial charge in [0.2, 0.25) is 18.8 Å². The molecule has 0 aromatic heterocycles. The molecule has 0 amide bonds. The summed E-state index contributed by atoms with van der Waals surface area (Å²) >= 11 is 0. The monoisotopic (exact) mass is 659 g/mol. The molecule has 3 heterocycles. The summed E-state index contributed by atoms with van der Waals surface area (Å²) in [5.74, 6) is -12.7. The van der Waals surface area contributed by atoms with E-state index < -0.39 is 85.3 Å². The maximum atomic E-state index is 16.1. The molecule has 0 bridgehead atoms. The number of aromatic carboxylic acids is 1. The molecule has 7 rings (SSSR count). The van der Waals surface area contributed by atoms with E-state index in [4.69, 9.17) is 0 Å². The minimum atomic E-state index is -4.05. The van der Waals surface area contributed by atoms with Gasteiger partial charge >= 0.3 is 11.9 Å². The van der Waals surface area contributed by atoms with Crippen LogP contribution in [0.25, 0.3) is 5.57 Å². The first-order chi connectivity index (χ1) is 21.6. The van der Waals surface area contributed by atoms with Crippen LogP contribution in [0.3, 0.4) is 0 Å². The third-order valence-corrected chi connectivity index (χ3v) is 11.8. The van der Waals surface area contributed by atoms with E-state index >= 15 is 13.3 Å². The first-order valence-corrected chi connectivity index (χ1v) is 15.8. The van der Waals surface area contributed by atoms with Gasteiger partial charge in [-0.1, -0.05) is 36.4 Å². The Labute approximate surface area is 257 Å². The lowest BCUT2D eigenvalue weighted by molar-refractivity contribution is -0.638. The summed E-state index contributed by atoms with van der Waals surface area (Å²) in [4.78, 5) is 13.7. The van der Waals surface area contributed by atoms with Gasteiger partial charge in [0.1, 0.15) is 11.4 Å². The van der Waals surface area contributed by atoms with Crippen LogP contribution in [0.1, 0.15) is 27.0 Å². The molecule has 236 valence electrons. The molecule has 2 fully saturated rings. The highest BCUT2D eigenvalue weighted by Gasteiger charge is 2.52. The first kappa shape index (κ1) is 30.2. The molecule has 46 heavy (non-hydrogen) atoms. The Morgan fingerprint density at radius 2 is 1.59 bits per heavy atom. The maximum Gasteiger partial charge on any atom is 0.361 e. The number of rotatable bonds is 4. The number of fused-ring (bicyclic) bond motifs is 2. The molecular formula is C33H23F7N2O3P+. The van der Waals surface area contributed by atoms with E-state index in [0.29, 0.717) is 0 Å². The van der Waals surface area contributed by atoms with Crippen molar-refractivity contribution in [1.29, 1.82) is 0 Å². The first-order valence-electron chi connectivity index (χ1n) is 14.1. The van der Waals surface area contributed by atoms with Crippen LogP contribution in [0.4, 0.5) is 36.4 Å². The van der Waals surface area contributed by atoms with Crippen molar-refractivity contribution in [1.82, 2.24) is 0 Å². The van der Waals surface area contributed by atoms with Gasteiger partial charge in [0.15, 0.2) is 18.8 Å². The molecule has 13 heteroatoms. The van der Waals surface area contributed by atoms with Crippen LogP contribution in [0.15, 0.2) is 77.6 Å². The number of allylic oxidation sites excluding steroid dienone is 5. The Hall–Kier alpha value is -4.44. The molecule has 0 saturated carbocycles. The lowest BCUT2D eigenvalue weighted by Gasteiger charge is -2.41. The second-order valence-corrected chi connectivity index (χ2v) is 14.5. The van der Waals surface area contributed by atoms with Crippen molar-refractivity contribution >= 4 is 40.7 Å². The van der Waals surface area contributed by atoms with Crippen molar-refractivity contribution in [3.63, 3.8) is 0 Å². The third kappa shape index (κ3) is 4.40. The number of halogens is 7. The van der Waals surface area contributed by atoms with Gasteiger partial charge < -0.3 is 14.6 Å². The quantitative estimate of drug-likeness (QED) is 0.156. The summed E-state index contributed by atoms with van der Waals surface area (Å²) in [7, 11) is -4.05. The Morgan fingerprint density at radius 3 is 2.20 bits per heavy atom. The lowest BCUT2D eigenvalue weighted by Crippen LogP contribution is -2.56. The summed E-state index contributed by atoms with van der Waals surface area (Å²) in [6.45, 7) is -1.54. The minimum absolute atomic E-state index is 0.0122. The molecule has 1 aliphatic carbocycles. The molecule has 3 aromatic rings. The van der Waals surface area contributed by atoms with Gasteiger partial charge in [-0.25, -0.2) is 31.3 Å². The van der Waals surface area contributed by atoms with E-state index in [9.17, 15) is 31.9 Å². The van der Waals surface area contributed by atoms with Crippen LogP contribution in [-0.2, 0) is 4.57 Å². The van der Waals surface area contributed by atoms with E-state index in [1.165, 1.54) is 45.9 Å². The Balaban J connectivity index is 1.60. The van der Waals surface area contributed by atoms with Gasteiger partial charge in [-0.15, -0.1) is 0 Å². The smallest absolute Gasteiger partial charge is 0.361 e. The summed E-state index contributed by atoms with van der Waals surface area (Å²) < 4.78 is 119. The molecule has 0 radical (unpaired) electrons. The molecule has 5 nitrogen and oxygen atoms in total. The number of carboxylic acids is 1. The van der Waals surface area contributed by atoms with E-state index in [1.807, 2.05) is 0 Å². The van der Waals surface area contributed by atoms with Gasteiger partial charge in [0.25, 0.3) is 5.92 Å². The highest BCUT2D eigenvalue weighted by atomic mass is 31.2. The minimum Gasteiger partial charge on any atom is -0.478 e. The van der Waals surface area contributed by atoms with Crippen molar-refractivity contribution < 1.29 is 49.8 Å². The van der Waals surface area contributed by atoms with E-state index in [1.54, 1.807) is 30.3 Å². The summed E-state index contributed by atoms with van der Waals surface area (Å²) in [5, 5.41) is 10.3. The Morgan fingerprint density at radius 1 is 0.913 bits per heavy atom. The molecule has 3 aliphatic heterocycles. The topological polar surface area (TPSA) is 60.6 Å². The fourth-order valence-corrected chi connectivity index (χ4v) is 9.53. The summed E-state index contributed by atoms with van der Waals surface area (Å²) in [6, 6.07) is 12.3. The summed E-state index contributed by atoms with van der Waals surface area (Å²) in [5.41, 5.74) is -2.55. The number of carboxylic acid groups (broad SMARTS) is 1. The number of hydrogen-bond acceptors (Lipinski definition) is 3.